The van der Waals surface area contributed by atoms with Crippen LogP contribution < -0.4 is 15.5 Å². The van der Waals surface area contributed by atoms with Crippen LogP contribution in [0, 0.1) is 6.92 Å². The number of hydrogen-bond acceptors (Lipinski definition) is 4. The molecule has 0 bridgehead atoms. The van der Waals surface area contributed by atoms with Gasteiger partial charge in [-0.25, -0.2) is 0 Å². The Morgan fingerprint density at radius 2 is 2.14 bits per heavy atom. The van der Waals surface area contributed by atoms with Gasteiger partial charge in [-0.15, -0.1) is 0 Å². The van der Waals surface area contributed by atoms with Crippen LogP contribution in [0.3, 0.4) is 0 Å². The number of amides is 1. The van der Waals surface area contributed by atoms with E-state index in [0.717, 1.165) is 25.9 Å². The van der Waals surface area contributed by atoms with Crippen molar-refractivity contribution in [3.63, 3.8) is 0 Å². The fourth-order valence-electron chi connectivity index (χ4n) is 3.30. The van der Waals surface area contributed by atoms with Gasteiger partial charge in [0, 0.05) is 31.4 Å². The second-order valence-electron chi connectivity index (χ2n) is 6.48. The van der Waals surface area contributed by atoms with Gasteiger partial charge in [0.15, 0.2) is 0 Å². The number of hydrogen-bond donors (Lipinski definition) is 3. The predicted molar refractivity (Wildman–Crippen MR) is 87.0 cm³/mol. The molecule has 1 amide bonds. The first-order valence-electron chi connectivity index (χ1n) is 8.15. The summed E-state index contributed by atoms with van der Waals surface area (Å²) in [6.07, 6.45) is 2.22. The summed E-state index contributed by atoms with van der Waals surface area (Å²) in [4.78, 5) is 14.6. The van der Waals surface area contributed by atoms with Crippen LogP contribution in [0.4, 0.5) is 5.69 Å². The summed E-state index contributed by atoms with van der Waals surface area (Å²) < 4.78 is 0. The summed E-state index contributed by atoms with van der Waals surface area (Å²) >= 11 is 0. The van der Waals surface area contributed by atoms with Gasteiger partial charge >= 0.3 is 0 Å². The molecule has 0 aliphatic carbocycles. The van der Waals surface area contributed by atoms with Crippen LogP contribution in [0.1, 0.15) is 24.8 Å². The van der Waals surface area contributed by atoms with Gasteiger partial charge in [0.2, 0.25) is 5.91 Å². The molecule has 0 aromatic heterocycles. The number of piperidine rings is 1. The summed E-state index contributed by atoms with van der Waals surface area (Å²) in [5.41, 5.74) is 2.48. The van der Waals surface area contributed by atoms with Crippen LogP contribution in [0.15, 0.2) is 24.3 Å². The van der Waals surface area contributed by atoms with E-state index < -0.39 is 6.10 Å². The molecule has 5 nitrogen and oxygen atoms in total. The third kappa shape index (κ3) is 3.59. The Balaban J connectivity index is 1.56. The van der Waals surface area contributed by atoms with Crippen molar-refractivity contribution in [2.24, 2.45) is 0 Å². The van der Waals surface area contributed by atoms with Crippen molar-refractivity contribution in [3.05, 3.63) is 29.8 Å². The Kier molecular flexibility index (Phi) is 4.64. The van der Waals surface area contributed by atoms with Gasteiger partial charge in [-0.2, -0.15) is 0 Å². The van der Waals surface area contributed by atoms with Crippen molar-refractivity contribution in [3.8, 4) is 0 Å². The van der Waals surface area contributed by atoms with Crippen molar-refractivity contribution < 1.29 is 9.90 Å². The largest absolute Gasteiger partial charge is 0.392 e. The number of β-amino-alcohol motifs (C(OH)–C–C–N with tert-alkyl or cyclic N) is 1. The van der Waals surface area contributed by atoms with E-state index in [0.29, 0.717) is 13.0 Å². The Morgan fingerprint density at radius 3 is 2.82 bits per heavy atom. The highest BCUT2D eigenvalue weighted by Crippen LogP contribution is 2.20. The number of anilines is 1. The lowest BCUT2D eigenvalue weighted by molar-refractivity contribution is -0.123. The molecule has 2 heterocycles. The highest BCUT2D eigenvalue weighted by molar-refractivity contribution is 5.82. The SMILES string of the molecule is Cc1ccc(N2CCC[C@H](NC(=O)[C@@H]3C[C@@H](O)CN3)C2)cc1. The first-order chi connectivity index (χ1) is 10.6. The fraction of sp³-hybridized carbons (Fsp3) is 0.588. The summed E-state index contributed by atoms with van der Waals surface area (Å²) in [6, 6.07) is 8.48. The molecule has 2 aliphatic heterocycles. The molecular weight excluding hydrogens is 278 g/mol. The lowest BCUT2D eigenvalue weighted by Gasteiger charge is -2.35. The molecule has 2 fully saturated rings. The van der Waals surface area contributed by atoms with Crippen LogP contribution in [0.5, 0.6) is 0 Å². The number of nitrogens with one attached hydrogen (secondary N) is 2. The zero-order valence-electron chi connectivity index (χ0n) is 13.1. The molecule has 0 spiro atoms. The van der Waals surface area contributed by atoms with Crippen molar-refractivity contribution in [1.29, 1.82) is 0 Å². The quantitative estimate of drug-likeness (QED) is 0.773. The highest BCUT2D eigenvalue weighted by Gasteiger charge is 2.30. The second-order valence-corrected chi connectivity index (χ2v) is 6.48. The highest BCUT2D eigenvalue weighted by atomic mass is 16.3. The monoisotopic (exact) mass is 303 g/mol. The Hall–Kier alpha value is -1.59. The fourth-order valence-corrected chi connectivity index (χ4v) is 3.30. The molecule has 22 heavy (non-hydrogen) atoms. The van der Waals surface area contributed by atoms with Gasteiger partial charge in [0.25, 0.3) is 0 Å². The number of aliphatic hydroxyl groups is 1. The van der Waals surface area contributed by atoms with Crippen LogP contribution in [0.2, 0.25) is 0 Å². The van der Waals surface area contributed by atoms with Gasteiger partial charge in [-0.3, -0.25) is 4.79 Å². The summed E-state index contributed by atoms with van der Waals surface area (Å²) in [7, 11) is 0. The molecule has 0 saturated carbocycles. The predicted octanol–water partition coefficient (Wildman–Crippen LogP) is 0.803. The Bertz CT molecular complexity index is 517. The maximum absolute atomic E-state index is 12.2. The van der Waals surface area contributed by atoms with Crippen molar-refractivity contribution in [2.45, 2.75) is 44.4 Å². The maximum Gasteiger partial charge on any atom is 0.237 e. The number of aryl methyl sites for hydroxylation is 1. The van der Waals surface area contributed by atoms with E-state index in [1.54, 1.807) is 0 Å². The smallest absolute Gasteiger partial charge is 0.237 e. The normalized spacial score (nSPS) is 28.6. The van der Waals surface area contributed by atoms with Gasteiger partial charge in [0.1, 0.15) is 0 Å². The van der Waals surface area contributed by atoms with Gasteiger partial charge in [-0.05, 0) is 38.3 Å². The lowest BCUT2D eigenvalue weighted by atomic mass is 10.0. The molecule has 5 heteroatoms. The third-order valence-corrected chi connectivity index (χ3v) is 4.59. The number of benzene rings is 1. The average Bonchev–Trinajstić information content (AvgIpc) is 2.95. The molecule has 0 unspecified atom stereocenters. The molecule has 0 radical (unpaired) electrons. The molecule has 3 N–H and O–H groups in total. The first-order valence-corrected chi connectivity index (χ1v) is 8.15. The molecule has 2 saturated heterocycles. The van der Waals surface area contributed by atoms with E-state index in [2.05, 4.69) is 46.7 Å². The number of rotatable bonds is 3. The minimum absolute atomic E-state index is 0.0207. The summed E-state index contributed by atoms with van der Waals surface area (Å²) in [6.45, 7) is 4.49. The molecule has 1 aromatic rings. The summed E-state index contributed by atoms with van der Waals surface area (Å²) in [5, 5.41) is 15.7. The number of carbonyl (C=O) groups excluding carboxylic acids is 1. The average molecular weight is 303 g/mol. The number of aliphatic hydroxyl groups excluding tert-OH is 1. The Morgan fingerprint density at radius 1 is 1.36 bits per heavy atom. The van der Waals surface area contributed by atoms with Crippen molar-refractivity contribution in [2.75, 3.05) is 24.5 Å². The van der Waals surface area contributed by atoms with E-state index in [1.165, 1.54) is 11.3 Å². The topological polar surface area (TPSA) is 64.6 Å². The molecule has 120 valence electrons. The molecule has 3 atom stereocenters. The minimum Gasteiger partial charge on any atom is -0.392 e. The van der Waals surface area contributed by atoms with Gasteiger partial charge in [-0.1, -0.05) is 17.7 Å². The van der Waals surface area contributed by atoms with Crippen LogP contribution in [-0.4, -0.2) is 48.8 Å². The standard InChI is InChI=1S/C17H25N3O2/c1-12-4-6-14(7-5-12)20-8-2-3-13(11-20)19-17(22)16-9-15(21)10-18-16/h4-7,13,15-16,18,21H,2-3,8-11H2,1H3,(H,19,22)/t13-,15+,16-/m0/s1. The molecule has 1 aromatic carbocycles. The van der Waals surface area contributed by atoms with E-state index in [1.807, 2.05) is 0 Å². The molecule has 2 aliphatic rings. The zero-order chi connectivity index (χ0) is 15.5. The number of carbonyl (C=O) groups is 1. The van der Waals surface area contributed by atoms with E-state index in [9.17, 15) is 9.90 Å². The lowest BCUT2D eigenvalue weighted by Crippen LogP contribution is -2.51. The van der Waals surface area contributed by atoms with Gasteiger partial charge in [0.05, 0.1) is 12.1 Å². The van der Waals surface area contributed by atoms with Crippen LogP contribution in [-0.2, 0) is 4.79 Å². The van der Waals surface area contributed by atoms with E-state index >= 15 is 0 Å². The van der Waals surface area contributed by atoms with Crippen LogP contribution >= 0.6 is 0 Å². The van der Waals surface area contributed by atoms with E-state index in [4.69, 9.17) is 0 Å². The third-order valence-electron chi connectivity index (χ3n) is 4.59. The van der Waals surface area contributed by atoms with E-state index in [-0.39, 0.29) is 18.0 Å². The molecular formula is C17H25N3O2. The van der Waals surface area contributed by atoms with Crippen molar-refractivity contribution >= 4 is 11.6 Å². The Labute approximate surface area is 131 Å². The molecule has 3 rings (SSSR count). The van der Waals surface area contributed by atoms with Gasteiger partial charge < -0.3 is 20.6 Å². The first kappa shape index (κ1) is 15.3. The maximum atomic E-state index is 12.2. The summed E-state index contributed by atoms with van der Waals surface area (Å²) in [5.74, 6) is 0.0207. The number of nitrogens with zero attached hydrogens (tertiary/aromatic N) is 1. The zero-order valence-corrected chi connectivity index (χ0v) is 13.1. The minimum atomic E-state index is -0.397. The van der Waals surface area contributed by atoms with Crippen molar-refractivity contribution in [1.82, 2.24) is 10.6 Å². The van der Waals surface area contributed by atoms with Crippen LogP contribution in [0.25, 0.3) is 0 Å². The second kappa shape index (κ2) is 6.67.